The molecule has 0 aromatic heterocycles. The van der Waals surface area contributed by atoms with Crippen LogP contribution in [0, 0.1) is 23.2 Å². The van der Waals surface area contributed by atoms with Gasteiger partial charge in [0.05, 0.1) is 0 Å². The Morgan fingerprint density at radius 1 is 0.903 bits per heavy atom. The zero-order valence-electron chi connectivity index (χ0n) is 18.2. The second-order valence-electron chi connectivity index (χ2n) is 10.1. The van der Waals surface area contributed by atoms with E-state index in [0.29, 0.717) is 22.3 Å². The zero-order chi connectivity index (χ0) is 21.4. The standard InChI is InChI=1S/C27H31NO3/c1-18(27-14-19-11-20(15-27)13-21(12-19)16-27)28-25(29)17-31-24-9-7-23(8-10-24)26(30)22-5-3-2-4-6-22/h2-10,18-21H,11-17H2,1H3,(H,28,29)/t18-,19?,20?,21?,27?/m0/s1. The fourth-order valence-corrected chi connectivity index (χ4v) is 6.75. The predicted molar refractivity (Wildman–Crippen MR) is 120 cm³/mol. The summed E-state index contributed by atoms with van der Waals surface area (Å²) in [4.78, 5) is 25.1. The Morgan fingerprint density at radius 2 is 1.45 bits per heavy atom. The van der Waals surface area contributed by atoms with Crippen LogP contribution in [0.1, 0.15) is 61.4 Å². The molecule has 0 unspecified atom stereocenters. The zero-order valence-corrected chi connectivity index (χ0v) is 18.2. The summed E-state index contributed by atoms with van der Waals surface area (Å²) in [6, 6.07) is 16.4. The summed E-state index contributed by atoms with van der Waals surface area (Å²) in [6.07, 6.45) is 8.05. The van der Waals surface area contributed by atoms with E-state index in [1.54, 1.807) is 24.3 Å². The number of nitrogens with one attached hydrogen (secondary N) is 1. The first-order valence-electron chi connectivity index (χ1n) is 11.6. The van der Waals surface area contributed by atoms with Crippen LogP contribution in [0.2, 0.25) is 0 Å². The van der Waals surface area contributed by atoms with E-state index >= 15 is 0 Å². The van der Waals surface area contributed by atoms with Crippen molar-refractivity contribution in [2.24, 2.45) is 23.2 Å². The molecule has 1 N–H and O–H groups in total. The molecule has 0 saturated heterocycles. The summed E-state index contributed by atoms with van der Waals surface area (Å²) in [5, 5.41) is 3.24. The summed E-state index contributed by atoms with van der Waals surface area (Å²) in [6.45, 7) is 2.19. The minimum atomic E-state index is -0.0623. The van der Waals surface area contributed by atoms with Crippen molar-refractivity contribution in [1.29, 1.82) is 0 Å². The quantitative estimate of drug-likeness (QED) is 0.644. The highest BCUT2D eigenvalue weighted by atomic mass is 16.5. The first-order chi connectivity index (χ1) is 15.0. The lowest BCUT2D eigenvalue weighted by atomic mass is 9.48. The first-order valence-corrected chi connectivity index (χ1v) is 11.6. The highest BCUT2D eigenvalue weighted by Gasteiger charge is 2.53. The van der Waals surface area contributed by atoms with Crippen LogP contribution in [0.5, 0.6) is 5.75 Å². The molecule has 1 amide bonds. The lowest BCUT2D eigenvalue weighted by Gasteiger charge is -2.59. The van der Waals surface area contributed by atoms with Crippen LogP contribution in [0.4, 0.5) is 0 Å². The fourth-order valence-electron chi connectivity index (χ4n) is 6.75. The van der Waals surface area contributed by atoms with Crippen molar-refractivity contribution >= 4 is 11.7 Å². The van der Waals surface area contributed by atoms with Crippen LogP contribution >= 0.6 is 0 Å². The van der Waals surface area contributed by atoms with Gasteiger partial charge in [-0.3, -0.25) is 9.59 Å². The number of hydrogen-bond acceptors (Lipinski definition) is 3. The average Bonchev–Trinajstić information content (AvgIpc) is 2.77. The van der Waals surface area contributed by atoms with E-state index in [2.05, 4.69) is 12.2 Å². The molecule has 4 saturated carbocycles. The second kappa shape index (κ2) is 8.14. The van der Waals surface area contributed by atoms with Crippen molar-refractivity contribution in [3.8, 4) is 5.75 Å². The largest absolute Gasteiger partial charge is 0.484 e. The van der Waals surface area contributed by atoms with Gasteiger partial charge in [0.2, 0.25) is 0 Å². The number of hydrogen-bond donors (Lipinski definition) is 1. The normalized spacial score (nSPS) is 29.4. The Balaban J connectivity index is 1.14. The molecule has 0 spiro atoms. The summed E-state index contributed by atoms with van der Waals surface area (Å²) in [5.74, 6) is 3.14. The molecule has 4 fully saturated rings. The van der Waals surface area contributed by atoms with Crippen molar-refractivity contribution in [2.45, 2.75) is 51.5 Å². The topological polar surface area (TPSA) is 55.4 Å². The van der Waals surface area contributed by atoms with Gasteiger partial charge in [-0.2, -0.15) is 0 Å². The monoisotopic (exact) mass is 417 g/mol. The number of rotatable bonds is 7. The highest BCUT2D eigenvalue weighted by molar-refractivity contribution is 6.08. The molecule has 4 nitrogen and oxygen atoms in total. The number of ketones is 1. The maximum atomic E-state index is 12.6. The van der Waals surface area contributed by atoms with Crippen molar-refractivity contribution in [3.63, 3.8) is 0 Å². The molecule has 1 atom stereocenters. The number of carbonyl (C=O) groups is 2. The third-order valence-corrected chi connectivity index (χ3v) is 7.90. The van der Waals surface area contributed by atoms with E-state index < -0.39 is 0 Å². The summed E-state index contributed by atoms with van der Waals surface area (Å²) in [5.41, 5.74) is 1.57. The predicted octanol–water partition coefficient (Wildman–Crippen LogP) is 5.02. The van der Waals surface area contributed by atoms with E-state index in [1.807, 2.05) is 30.3 Å². The van der Waals surface area contributed by atoms with Gasteiger partial charge in [0, 0.05) is 17.2 Å². The molecular formula is C27H31NO3. The number of ether oxygens (including phenoxy) is 1. The highest BCUT2D eigenvalue weighted by Crippen LogP contribution is 2.61. The van der Waals surface area contributed by atoms with Gasteiger partial charge in [-0.1, -0.05) is 30.3 Å². The van der Waals surface area contributed by atoms with Crippen molar-refractivity contribution in [3.05, 3.63) is 65.7 Å². The lowest BCUT2D eigenvalue weighted by Crippen LogP contribution is -2.56. The van der Waals surface area contributed by atoms with Crippen LogP contribution in [0.15, 0.2) is 54.6 Å². The smallest absolute Gasteiger partial charge is 0.258 e. The van der Waals surface area contributed by atoms with Crippen LogP contribution < -0.4 is 10.1 Å². The van der Waals surface area contributed by atoms with Gasteiger partial charge in [0.15, 0.2) is 12.4 Å². The third-order valence-electron chi connectivity index (χ3n) is 7.90. The molecule has 2 aromatic rings. The van der Waals surface area contributed by atoms with E-state index in [0.717, 1.165) is 17.8 Å². The summed E-state index contributed by atoms with van der Waals surface area (Å²) in [7, 11) is 0. The summed E-state index contributed by atoms with van der Waals surface area (Å²) < 4.78 is 5.70. The van der Waals surface area contributed by atoms with E-state index in [9.17, 15) is 9.59 Å². The number of carbonyl (C=O) groups excluding carboxylic acids is 2. The van der Waals surface area contributed by atoms with Crippen molar-refractivity contribution < 1.29 is 14.3 Å². The van der Waals surface area contributed by atoms with Gasteiger partial charge in [-0.05, 0) is 92.9 Å². The van der Waals surface area contributed by atoms with Crippen molar-refractivity contribution in [1.82, 2.24) is 5.32 Å². The third kappa shape index (κ3) is 4.13. The molecule has 162 valence electrons. The van der Waals surface area contributed by atoms with E-state index in [1.165, 1.54) is 38.5 Å². The molecule has 6 rings (SSSR count). The molecule has 4 aliphatic rings. The Hall–Kier alpha value is -2.62. The molecule has 0 radical (unpaired) electrons. The second-order valence-corrected chi connectivity index (χ2v) is 10.1. The van der Waals surface area contributed by atoms with Gasteiger partial charge in [-0.15, -0.1) is 0 Å². The fraction of sp³-hybridized carbons (Fsp3) is 0.481. The van der Waals surface area contributed by atoms with Crippen LogP contribution in [-0.2, 0) is 4.79 Å². The Labute approximate surface area is 184 Å². The maximum absolute atomic E-state index is 12.6. The number of benzene rings is 2. The average molecular weight is 418 g/mol. The van der Waals surface area contributed by atoms with Gasteiger partial charge in [-0.25, -0.2) is 0 Å². The molecular weight excluding hydrogens is 386 g/mol. The minimum absolute atomic E-state index is 0.00266. The molecule has 0 heterocycles. The van der Waals surface area contributed by atoms with Gasteiger partial charge in [0.25, 0.3) is 5.91 Å². The Kier molecular flexibility index (Phi) is 5.33. The molecule has 0 aliphatic heterocycles. The van der Waals surface area contributed by atoms with E-state index in [-0.39, 0.29) is 24.3 Å². The lowest BCUT2D eigenvalue weighted by molar-refractivity contribution is -0.127. The van der Waals surface area contributed by atoms with E-state index in [4.69, 9.17) is 4.74 Å². The Morgan fingerprint density at radius 3 is 2.03 bits per heavy atom. The van der Waals surface area contributed by atoms with Crippen LogP contribution in [0.25, 0.3) is 0 Å². The molecule has 2 aromatic carbocycles. The maximum Gasteiger partial charge on any atom is 0.258 e. The molecule has 4 bridgehead atoms. The summed E-state index contributed by atoms with van der Waals surface area (Å²) >= 11 is 0. The molecule has 31 heavy (non-hydrogen) atoms. The Bertz CT molecular complexity index is 915. The van der Waals surface area contributed by atoms with Crippen LogP contribution in [0.3, 0.4) is 0 Å². The van der Waals surface area contributed by atoms with Gasteiger partial charge < -0.3 is 10.1 Å². The van der Waals surface area contributed by atoms with Crippen LogP contribution in [-0.4, -0.2) is 24.3 Å². The van der Waals surface area contributed by atoms with Gasteiger partial charge >= 0.3 is 0 Å². The first kappa shape index (κ1) is 20.3. The minimum Gasteiger partial charge on any atom is -0.484 e. The molecule has 4 heteroatoms. The van der Waals surface area contributed by atoms with Crippen molar-refractivity contribution in [2.75, 3.05) is 6.61 Å². The number of amides is 1. The molecule has 4 aliphatic carbocycles. The van der Waals surface area contributed by atoms with Gasteiger partial charge in [0.1, 0.15) is 5.75 Å². The SMILES string of the molecule is C[C@H](NC(=O)COc1ccc(C(=O)c2ccccc2)cc1)C12CC3CC(CC(C3)C1)C2.